The molecule has 1 N–H and O–H groups in total. The molecule has 182 valence electrons. The molecule has 0 radical (unpaired) electrons. The number of ether oxygens (including phenoxy) is 4. The number of hydrogen-bond acceptors (Lipinski definition) is 7. The van der Waals surface area contributed by atoms with Gasteiger partial charge in [0.15, 0.2) is 6.04 Å². The molecular formula is C24H32FNO7. The van der Waals surface area contributed by atoms with Gasteiger partial charge in [0, 0.05) is 5.92 Å². The van der Waals surface area contributed by atoms with Crippen molar-refractivity contribution in [3.05, 3.63) is 35.6 Å². The molecule has 33 heavy (non-hydrogen) atoms. The van der Waals surface area contributed by atoms with Gasteiger partial charge in [-0.05, 0) is 64.7 Å². The standard InChI is InChI=1S/C24H32FNO7/c1-14-18(11-15-5-9-17(25)10-6-15)20(32-21(27)16-7-8-16)13-30-12-19(22(28)31-14)26-23(29)33-24(2,3)4/h5-6,9-10,14,16,18-20H,7-8,11-13H2,1-4H3,(H,26,29). The number of alkyl carbamates (subject to hydrolysis) is 1. The number of carbonyl (C=O) groups is 3. The Labute approximate surface area is 193 Å². The maximum absolute atomic E-state index is 13.4. The molecule has 0 bridgehead atoms. The number of nitrogens with one attached hydrogen (secondary N) is 1. The van der Waals surface area contributed by atoms with Crippen LogP contribution in [0.2, 0.25) is 0 Å². The van der Waals surface area contributed by atoms with Crippen LogP contribution in [-0.4, -0.2) is 55.1 Å². The second kappa shape index (κ2) is 10.5. The number of halogens is 1. The van der Waals surface area contributed by atoms with Gasteiger partial charge in [-0.15, -0.1) is 0 Å². The highest BCUT2D eigenvalue weighted by molar-refractivity contribution is 5.81. The van der Waals surface area contributed by atoms with Crippen molar-refractivity contribution in [2.45, 2.75) is 70.8 Å². The van der Waals surface area contributed by atoms with E-state index in [-0.39, 0.29) is 30.9 Å². The van der Waals surface area contributed by atoms with Crippen LogP contribution in [0.5, 0.6) is 0 Å². The van der Waals surface area contributed by atoms with Gasteiger partial charge in [-0.3, -0.25) is 4.79 Å². The Balaban J connectivity index is 1.76. The van der Waals surface area contributed by atoms with Gasteiger partial charge in [-0.1, -0.05) is 12.1 Å². The number of hydrogen-bond donors (Lipinski definition) is 1. The summed E-state index contributed by atoms with van der Waals surface area (Å²) in [6.07, 6.45) is -0.136. The minimum atomic E-state index is -1.08. The molecule has 1 heterocycles. The van der Waals surface area contributed by atoms with E-state index in [0.717, 1.165) is 18.4 Å². The zero-order chi connectivity index (χ0) is 24.2. The van der Waals surface area contributed by atoms with Crippen LogP contribution in [0.4, 0.5) is 9.18 Å². The second-order valence-electron chi connectivity index (χ2n) is 9.62. The average Bonchev–Trinajstić information content (AvgIpc) is 3.55. The van der Waals surface area contributed by atoms with E-state index in [1.165, 1.54) is 12.1 Å². The van der Waals surface area contributed by atoms with E-state index < -0.39 is 41.8 Å². The van der Waals surface area contributed by atoms with Crippen molar-refractivity contribution >= 4 is 18.0 Å². The molecule has 1 aliphatic carbocycles. The average molecular weight is 466 g/mol. The molecule has 4 atom stereocenters. The molecule has 4 unspecified atom stereocenters. The van der Waals surface area contributed by atoms with Crippen molar-refractivity contribution < 1.29 is 37.7 Å². The van der Waals surface area contributed by atoms with Crippen molar-refractivity contribution in [3.63, 3.8) is 0 Å². The minimum absolute atomic E-state index is 0.0256. The van der Waals surface area contributed by atoms with Gasteiger partial charge in [0.1, 0.15) is 23.6 Å². The minimum Gasteiger partial charge on any atom is -0.461 e. The third-order valence-electron chi connectivity index (χ3n) is 5.49. The fourth-order valence-electron chi connectivity index (χ4n) is 3.58. The lowest BCUT2D eigenvalue weighted by Gasteiger charge is -2.30. The molecule has 1 saturated carbocycles. The van der Waals surface area contributed by atoms with Gasteiger partial charge in [0.05, 0.1) is 19.1 Å². The molecule has 1 aliphatic heterocycles. The van der Waals surface area contributed by atoms with Crippen LogP contribution in [0, 0.1) is 17.7 Å². The zero-order valence-corrected chi connectivity index (χ0v) is 19.5. The number of amides is 1. The van der Waals surface area contributed by atoms with Gasteiger partial charge < -0.3 is 24.3 Å². The Bertz CT molecular complexity index is 847. The van der Waals surface area contributed by atoms with Crippen molar-refractivity contribution in [2.75, 3.05) is 13.2 Å². The van der Waals surface area contributed by atoms with E-state index >= 15 is 0 Å². The maximum Gasteiger partial charge on any atom is 0.408 e. The zero-order valence-electron chi connectivity index (χ0n) is 19.5. The van der Waals surface area contributed by atoms with E-state index in [2.05, 4.69) is 5.32 Å². The van der Waals surface area contributed by atoms with E-state index in [1.807, 2.05) is 0 Å². The quantitative estimate of drug-likeness (QED) is 0.527. The molecule has 1 amide bonds. The Morgan fingerprint density at radius 3 is 2.42 bits per heavy atom. The van der Waals surface area contributed by atoms with E-state index in [1.54, 1.807) is 39.8 Å². The summed E-state index contributed by atoms with van der Waals surface area (Å²) in [6.45, 7) is 6.71. The summed E-state index contributed by atoms with van der Waals surface area (Å²) in [6, 6.07) is 4.91. The van der Waals surface area contributed by atoms with E-state index in [0.29, 0.717) is 6.42 Å². The predicted molar refractivity (Wildman–Crippen MR) is 116 cm³/mol. The van der Waals surface area contributed by atoms with Crippen LogP contribution in [0.15, 0.2) is 24.3 Å². The molecule has 0 spiro atoms. The number of benzene rings is 1. The predicted octanol–water partition coefficient (Wildman–Crippen LogP) is 3.16. The monoisotopic (exact) mass is 465 g/mol. The van der Waals surface area contributed by atoms with E-state index in [4.69, 9.17) is 18.9 Å². The first-order valence-corrected chi connectivity index (χ1v) is 11.2. The summed E-state index contributed by atoms with van der Waals surface area (Å²) in [5.74, 6) is -1.87. The molecular weight excluding hydrogens is 433 g/mol. The molecule has 9 heteroatoms. The van der Waals surface area contributed by atoms with Crippen molar-refractivity contribution in [1.82, 2.24) is 5.32 Å². The molecule has 2 fully saturated rings. The molecule has 2 aliphatic rings. The topological polar surface area (TPSA) is 100 Å². The highest BCUT2D eigenvalue weighted by Gasteiger charge is 2.40. The fourth-order valence-corrected chi connectivity index (χ4v) is 3.58. The molecule has 1 saturated heterocycles. The highest BCUT2D eigenvalue weighted by atomic mass is 19.1. The normalized spacial score (nSPS) is 26.3. The van der Waals surface area contributed by atoms with Gasteiger partial charge in [-0.2, -0.15) is 0 Å². The largest absolute Gasteiger partial charge is 0.461 e. The summed E-state index contributed by atoms with van der Waals surface area (Å²) >= 11 is 0. The lowest BCUT2D eigenvalue weighted by Crippen LogP contribution is -2.47. The lowest BCUT2D eigenvalue weighted by molar-refractivity contribution is -0.162. The molecule has 0 aromatic heterocycles. The van der Waals surface area contributed by atoms with Crippen molar-refractivity contribution in [3.8, 4) is 0 Å². The van der Waals surface area contributed by atoms with E-state index in [9.17, 15) is 18.8 Å². The van der Waals surface area contributed by atoms with Crippen LogP contribution in [0.3, 0.4) is 0 Å². The SMILES string of the molecule is CC1OC(=O)C(NC(=O)OC(C)(C)C)COCC(OC(=O)C2CC2)C1Cc1ccc(F)cc1. The number of rotatable bonds is 5. The number of carbonyl (C=O) groups excluding carboxylic acids is 3. The molecule has 1 aromatic carbocycles. The highest BCUT2D eigenvalue weighted by Crippen LogP contribution is 2.32. The van der Waals surface area contributed by atoms with Gasteiger partial charge in [-0.25, -0.2) is 14.0 Å². The number of cyclic esters (lactones) is 1. The first kappa shape index (κ1) is 25.0. The summed E-state index contributed by atoms with van der Waals surface area (Å²) in [5, 5.41) is 2.49. The third kappa shape index (κ3) is 7.70. The van der Waals surface area contributed by atoms with Gasteiger partial charge in [0.25, 0.3) is 0 Å². The van der Waals surface area contributed by atoms with Gasteiger partial charge in [0.2, 0.25) is 0 Å². The Kier molecular flexibility index (Phi) is 7.94. The maximum atomic E-state index is 13.4. The van der Waals surface area contributed by atoms with Gasteiger partial charge >= 0.3 is 18.0 Å². The van der Waals surface area contributed by atoms with Crippen LogP contribution in [0.1, 0.15) is 46.1 Å². The molecule has 3 rings (SSSR count). The second-order valence-corrected chi connectivity index (χ2v) is 9.62. The fraction of sp³-hybridized carbons (Fsp3) is 0.625. The summed E-state index contributed by atoms with van der Waals surface area (Å²) in [7, 11) is 0. The molecule has 8 nitrogen and oxygen atoms in total. The van der Waals surface area contributed by atoms with Crippen LogP contribution < -0.4 is 5.32 Å². The van der Waals surface area contributed by atoms with Crippen molar-refractivity contribution in [2.24, 2.45) is 11.8 Å². The lowest BCUT2D eigenvalue weighted by atomic mass is 9.89. The van der Waals surface area contributed by atoms with Crippen molar-refractivity contribution in [1.29, 1.82) is 0 Å². The van der Waals surface area contributed by atoms with Crippen LogP contribution >= 0.6 is 0 Å². The first-order valence-electron chi connectivity index (χ1n) is 11.2. The first-order chi connectivity index (χ1) is 15.5. The summed E-state index contributed by atoms with van der Waals surface area (Å²) < 4.78 is 35.7. The number of esters is 2. The Morgan fingerprint density at radius 1 is 1.15 bits per heavy atom. The van der Waals surface area contributed by atoms with Crippen LogP contribution in [0.25, 0.3) is 0 Å². The smallest absolute Gasteiger partial charge is 0.408 e. The summed E-state index contributed by atoms with van der Waals surface area (Å²) in [5.41, 5.74) is 0.0719. The third-order valence-corrected chi connectivity index (χ3v) is 5.49. The summed E-state index contributed by atoms with van der Waals surface area (Å²) in [4.78, 5) is 37.4. The van der Waals surface area contributed by atoms with Crippen LogP contribution in [-0.2, 0) is 35.0 Å². The Hall–Kier alpha value is -2.68. The Morgan fingerprint density at radius 2 is 1.82 bits per heavy atom. The molecule has 1 aromatic rings.